The molecule has 1 saturated heterocycles. The smallest absolute Gasteiger partial charge is 0.115 e. The third kappa shape index (κ3) is 1.76. The lowest BCUT2D eigenvalue weighted by Crippen LogP contribution is -2.28. The van der Waals surface area contributed by atoms with Gasteiger partial charge >= 0.3 is 0 Å². The van der Waals surface area contributed by atoms with Crippen LogP contribution < -0.4 is 5.32 Å². The second-order valence-corrected chi connectivity index (χ2v) is 4.01. The minimum atomic E-state index is 0.516. The van der Waals surface area contributed by atoms with E-state index >= 15 is 0 Å². The summed E-state index contributed by atoms with van der Waals surface area (Å²) in [7, 11) is 0. The van der Waals surface area contributed by atoms with Gasteiger partial charge in [-0.3, -0.25) is 0 Å². The Morgan fingerprint density at radius 3 is 3.25 bits per heavy atom. The predicted octanol–water partition coefficient (Wildman–Crippen LogP) is 0.854. The van der Waals surface area contributed by atoms with Gasteiger partial charge in [0.1, 0.15) is 6.33 Å². The van der Waals surface area contributed by atoms with Crippen molar-refractivity contribution in [3.8, 4) is 0 Å². The predicted molar refractivity (Wildman–Crippen MR) is 50.1 cm³/mol. The van der Waals surface area contributed by atoms with Crippen LogP contribution in [0, 0.1) is 0 Å². The summed E-state index contributed by atoms with van der Waals surface area (Å²) in [5, 5.41) is 3.87. The zero-order chi connectivity index (χ0) is 8.23. The van der Waals surface area contributed by atoms with Crippen LogP contribution in [0.5, 0.6) is 0 Å². The summed E-state index contributed by atoms with van der Waals surface area (Å²) in [4.78, 5) is 8.13. The van der Waals surface area contributed by atoms with Gasteiger partial charge in [-0.2, -0.15) is 0 Å². The largest absolute Gasteiger partial charge is 0.314 e. The van der Waals surface area contributed by atoms with E-state index in [0.717, 1.165) is 18.8 Å². The van der Waals surface area contributed by atoms with Crippen LogP contribution in [-0.2, 0) is 0 Å². The van der Waals surface area contributed by atoms with Gasteiger partial charge in [-0.1, -0.05) is 0 Å². The van der Waals surface area contributed by atoms with Crippen LogP contribution in [0.4, 0.5) is 0 Å². The first kappa shape index (κ1) is 8.01. The molecular weight excluding hydrogens is 170 g/mol. The molecule has 0 saturated carbocycles. The van der Waals surface area contributed by atoms with Gasteiger partial charge in [0.25, 0.3) is 0 Å². The Kier molecular flexibility index (Phi) is 2.58. The van der Waals surface area contributed by atoms with E-state index in [0.29, 0.717) is 5.25 Å². The van der Waals surface area contributed by atoms with Gasteiger partial charge in [-0.05, 0) is 6.07 Å². The summed E-state index contributed by atoms with van der Waals surface area (Å²) in [6.07, 6.45) is 3.42. The van der Waals surface area contributed by atoms with E-state index in [1.807, 2.05) is 17.8 Å². The highest BCUT2D eigenvalue weighted by molar-refractivity contribution is 7.99. The molecule has 1 aromatic heterocycles. The summed E-state index contributed by atoms with van der Waals surface area (Å²) in [6, 6.07) is 1.99. The van der Waals surface area contributed by atoms with E-state index < -0.39 is 0 Å². The molecule has 0 aliphatic carbocycles. The van der Waals surface area contributed by atoms with Crippen molar-refractivity contribution in [2.75, 3.05) is 18.8 Å². The molecule has 1 aromatic rings. The summed E-state index contributed by atoms with van der Waals surface area (Å²) in [5.74, 6) is 1.18. The van der Waals surface area contributed by atoms with Crippen LogP contribution >= 0.6 is 11.8 Å². The summed E-state index contributed by atoms with van der Waals surface area (Å²) in [6.45, 7) is 2.15. The average molecular weight is 181 g/mol. The molecule has 0 aromatic carbocycles. The lowest BCUT2D eigenvalue weighted by Gasteiger charge is -2.21. The number of thioether (sulfide) groups is 1. The fourth-order valence-corrected chi connectivity index (χ4v) is 2.34. The second kappa shape index (κ2) is 3.87. The minimum Gasteiger partial charge on any atom is -0.314 e. The molecule has 1 unspecified atom stereocenters. The minimum absolute atomic E-state index is 0.516. The second-order valence-electron chi connectivity index (χ2n) is 2.70. The van der Waals surface area contributed by atoms with E-state index in [-0.39, 0.29) is 0 Å². The number of nitrogens with zero attached hydrogens (tertiary/aromatic N) is 2. The lowest BCUT2D eigenvalue weighted by molar-refractivity contribution is 0.679. The highest BCUT2D eigenvalue weighted by Gasteiger charge is 2.15. The molecule has 2 heterocycles. The number of hydrogen-bond acceptors (Lipinski definition) is 4. The van der Waals surface area contributed by atoms with Crippen molar-refractivity contribution in [2.45, 2.75) is 5.25 Å². The molecule has 64 valence electrons. The SMILES string of the molecule is c1cc(C2CNCCS2)ncn1. The van der Waals surface area contributed by atoms with Gasteiger partial charge in [-0.15, -0.1) is 11.8 Å². The third-order valence-electron chi connectivity index (χ3n) is 1.86. The van der Waals surface area contributed by atoms with Gasteiger partial charge in [0.15, 0.2) is 0 Å². The van der Waals surface area contributed by atoms with E-state index in [9.17, 15) is 0 Å². The van der Waals surface area contributed by atoms with Gasteiger partial charge in [-0.25, -0.2) is 9.97 Å². The first-order valence-electron chi connectivity index (χ1n) is 4.05. The van der Waals surface area contributed by atoms with Crippen molar-refractivity contribution in [3.05, 3.63) is 24.3 Å². The fraction of sp³-hybridized carbons (Fsp3) is 0.500. The quantitative estimate of drug-likeness (QED) is 0.697. The molecule has 1 aliphatic heterocycles. The van der Waals surface area contributed by atoms with Crippen LogP contribution in [0.1, 0.15) is 10.9 Å². The van der Waals surface area contributed by atoms with Crippen LogP contribution in [0.2, 0.25) is 0 Å². The summed E-state index contributed by atoms with van der Waals surface area (Å²) in [5.41, 5.74) is 1.14. The number of rotatable bonds is 1. The molecule has 2 rings (SSSR count). The molecule has 0 radical (unpaired) electrons. The number of nitrogens with one attached hydrogen (secondary N) is 1. The first-order chi connectivity index (χ1) is 5.97. The topological polar surface area (TPSA) is 37.8 Å². The van der Waals surface area contributed by atoms with Crippen molar-refractivity contribution >= 4 is 11.8 Å². The van der Waals surface area contributed by atoms with Gasteiger partial charge in [0.2, 0.25) is 0 Å². The van der Waals surface area contributed by atoms with Crippen LogP contribution in [0.25, 0.3) is 0 Å². The molecule has 0 bridgehead atoms. The molecular formula is C8H11N3S. The molecule has 12 heavy (non-hydrogen) atoms. The lowest BCUT2D eigenvalue weighted by atomic mass is 10.3. The zero-order valence-electron chi connectivity index (χ0n) is 6.73. The Morgan fingerprint density at radius 1 is 1.58 bits per heavy atom. The maximum atomic E-state index is 4.23. The fourth-order valence-electron chi connectivity index (χ4n) is 1.25. The Hall–Kier alpha value is -0.610. The van der Waals surface area contributed by atoms with Gasteiger partial charge in [0, 0.05) is 25.0 Å². The van der Waals surface area contributed by atoms with Crippen LogP contribution in [0.15, 0.2) is 18.6 Å². The van der Waals surface area contributed by atoms with E-state index in [1.165, 1.54) is 5.75 Å². The highest BCUT2D eigenvalue weighted by atomic mass is 32.2. The standard InChI is InChI=1S/C8H11N3S/c1-2-10-6-11-7(1)8-5-9-3-4-12-8/h1-2,6,8-9H,3-5H2. The Bertz CT molecular complexity index is 233. The number of aromatic nitrogens is 2. The average Bonchev–Trinajstić information content (AvgIpc) is 2.21. The van der Waals surface area contributed by atoms with E-state index in [1.54, 1.807) is 12.5 Å². The molecule has 1 atom stereocenters. The van der Waals surface area contributed by atoms with Crippen molar-refractivity contribution in [2.24, 2.45) is 0 Å². The van der Waals surface area contributed by atoms with Crippen molar-refractivity contribution < 1.29 is 0 Å². The Balaban J connectivity index is 2.08. The van der Waals surface area contributed by atoms with E-state index in [4.69, 9.17) is 0 Å². The third-order valence-corrected chi connectivity index (χ3v) is 3.11. The molecule has 1 fully saturated rings. The molecule has 0 spiro atoms. The van der Waals surface area contributed by atoms with E-state index in [2.05, 4.69) is 15.3 Å². The normalized spacial score (nSPS) is 23.8. The van der Waals surface area contributed by atoms with Crippen LogP contribution in [0.3, 0.4) is 0 Å². The van der Waals surface area contributed by atoms with Crippen molar-refractivity contribution in [1.82, 2.24) is 15.3 Å². The monoisotopic (exact) mass is 181 g/mol. The molecule has 4 heteroatoms. The molecule has 1 aliphatic rings. The first-order valence-corrected chi connectivity index (χ1v) is 5.10. The maximum absolute atomic E-state index is 4.23. The summed E-state index contributed by atoms with van der Waals surface area (Å²) < 4.78 is 0. The summed E-state index contributed by atoms with van der Waals surface area (Å²) >= 11 is 1.96. The highest BCUT2D eigenvalue weighted by Crippen LogP contribution is 2.27. The molecule has 3 nitrogen and oxygen atoms in total. The van der Waals surface area contributed by atoms with Gasteiger partial charge < -0.3 is 5.32 Å². The molecule has 1 N–H and O–H groups in total. The van der Waals surface area contributed by atoms with Crippen molar-refractivity contribution in [1.29, 1.82) is 0 Å². The molecule has 0 amide bonds. The number of hydrogen-bond donors (Lipinski definition) is 1. The Morgan fingerprint density at radius 2 is 2.58 bits per heavy atom. The maximum Gasteiger partial charge on any atom is 0.115 e. The van der Waals surface area contributed by atoms with Crippen molar-refractivity contribution in [3.63, 3.8) is 0 Å². The van der Waals surface area contributed by atoms with Crippen LogP contribution in [-0.4, -0.2) is 28.8 Å². The zero-order valence-corrected chi connectivity index (χ0v) is 7.55. The Labute approximate surface area is 76.0 Å². The van der Waals surface area contributed by atoms with Gasteiger partial charge in [0.05, 0.1) is 10.9 Å².